The summed E-state index contributed by atoms with van der Waals surface area (Å²) >= 11 is 6.22. The van der Waals surface area contributed by atoms with Crippen LogP contribution >= 0.6 is 11.6 Å². The van der Waals surface area contributed by atoms with Gasteiger partial charge in [0.25, 0.3) is 0 Å². The van der Waals surface area contributed by atoms with Gasteiger partial charge >= 0.3 is 0 Å². The van der Waals surface area contributed by atoms with Crippen molar-refractivity contribution >= 4 is 11.6 Å². The molecule has 1 unspecified atom stereocenters. The van der Waals surface area contributed by atoms with Gasteiger partial charge in [-0.25, -0.2) is 4.98 Å². The van der Waals surface area contributed by atoms with Crippen molar-refractivity contribution in [1.29, 1.82) is 0 Å². The SMILES string of the molecule is COc1ccc(-c2nc(Cl)c3n2C(N)CCC3)cc1. The average Bonchev–Trinajstić information content (AvgIpc) is 2.78. The number of hydrogen-bond donors (Lipinski definition) is 1. The fraction of sp³-hybridized carbons (Fsp3) is 0.357. The first-order valence-corrected chi connectivity index (χ1v) is 6.75. The molecule has 2 heterocycles. The molecule has 3 rings (SSSR count). The molecule has 5 heteroatoms. The van der Waals surface area contributed by atoms with Crippen LogP contribution < -0.4 is 10.5 Å². The number of fused-ring (bicyclic) bond motifs is 1. The normalized spacial score (nSPS) is 18.2. The molecule has 0 spiro atoms. The summed E-state index contributed by atoms with van der Waals surface area (Å²) in [6.07, 6.45) is 2.92. The van der Waals surface area contributed by atoms with Crippen LogP contribution in [-0.2, 0) is 6.42 Å². The van der Waals surface area contributed by atoms with Crippen molar-refractivity contribution in [3.63, 3.8) is 0 Å². The van der Waals surface area contributed by atoms with Gasteiger partial charge in [-0.3, -0.25) is 0 Å². The molecule has 4 nitrogen and oxygen atoms in total. The molecule has 0 fully saturated rings. The topological polar surface area (TPSA) is 53.1 Å². The third-order valence-electron chi connectivity index (χ3n) is 3.55. The molecule has 0 saturated carbocycles. The molecule has 1 atom stereocenters. The third-order valence-corrected chi connectivity index (χ3v) is 3.86. The van der Waals surface area contributed by atoms with E-state index in [0.717, 1.165) is 42.1 Å². The van der Waals surface area contributed by atoms with E-state index in [1.807, 2.05) is 24.3 Å². The smallest absolute Gasteiger partial charge is 0.151 e. The van der Waals surface area contributed by atoms with Crippen LogP contribution in [0, 0.1) is 0 Å². The molecule has 0 bridgehead atoms. The number of nitrogens with two attached hydrogens (primary N) is 1. The van der Waals surface area contributed by atoms with Crippen molar-refractivity contribution in [3.05, 3.63) is 35.1 Å². The Bertz CT molecular complexity index is 591. The first-order valence-electron chi connectivity index (χ1n) is 6.37. The van der Waals surface area contributed by atoms with Gasteiger partial charge in [-0.2, -0.15) is 0 Å². The maximum Gasteiger partial charge on any atom is 0.151 e. The molecule has 0 radical (unpaired) electrons. The van der Waals surface area contributed by atoms with Crippen molar-refractivity contribution in [2.75, 3.05) is 7.11 Å². The summed E-state index contributed by atoms with van der Waals surface area (Å²) in [7, 11) is 1.65. The molecule has 0 amide bonds. The molecular formula is C14H16ClN3O. The number of methoxy groups -OCH3 is 1. The van der Waals surface area contributed by atoms with E-state index in [-0.39, 0.29) is 6.17 Å². The third kappa shape index (κ3) is 2.11. The molecule has 1 aliphatic rings. The number of hydrogen-bond acceptors (Lipinski definition) is 3. The van der Waals surface area contributed by atoms with Crippen LogP contribution in [-0.4, -0.2) is 16.7 Å². The highest BCUT2D eigenvalue weighted by molar-refractivity contribution is 6.30. The lowest BCUT2D eigenvalue weighted by atomic mass is 10.1. The van der Waals surface area contributed by atoms with Gasteiger partial charge in [0, 0.05) is 5.56 Å². The minimum absolute atomic E-state index is 0.0409. The van der Waals surface area contributed by atoms with Crippen LogP contribution in [0.25, 0.3) is 11.4 Å². The van der Waals surface area contributed by atoms with E-state index in [2.05, 4.69) is 9.55 Å². The lowest BCUT2D eigenvalue weighted by Crippen LogP contribution is -2.25. The Balaban J connectivity index is 2.09. The van der Waals surface area contributed by atoms with Gasteiger partial charge in [-0.15, -0.1) is 0 Å². The largest absolute Gasteiger partial charge is 0.497 e. The summed E-state index contributed by atoms with van der Waals surface area (Å²) in [5.41, 5.74) is 8.25. The Morgan fingerprint density at radius 3 is 2.79 bits per heavy atom. The maximum absolute atomic E-state index is 6.22. The monoisotopic (exact) mass is 277 g/mol. The molecule has 1 aromatic heterocycles. The molecular weight excluding hydrogens is 262 g/mol. The zero-order chi connectivity index (χ0) is 13.4. The van der Waals surface area contributed by atoms with Crippen molar-refractivity contribution in [3.8, 4) is 17.1 Å². The summed E-state index contributed by atoms with van der Waals surface area (Å²) in [6, 6.07) is 7.79. The molecule has 100 valence electrons. The van der Waals surface area contributed by atoms with Crippen LogP contribution in [0.5, 0.6) is 5.75 Å². The van der Waals surface area contributed by atoms with Crippen LogP contribution in [0.3, 0.4) is 0 Å². The molecule has 0 saturated heterocycles. The number of aromatic nitrogens is 2. The van der Waals surface area contributed by atoms with Crippen molar-refractivity contribution in [1.82, 2.24) is 9.55 Å². The van der Waals surface area contributed by atoms with Crippen molar-refractivity contribution < 1.29 is 4.74 Å². The van der Waals surface area contributed by atoms with E-state index < -0.39 is 0 Å². The minimum atomic E-state index is -0.0409. The van der Waals surface area contributed by atoms with Crippen LogP contribution in [0.15, 0.2) is 24.3 Å². The highest BCUT2D eigenvalue weighted by atomic mass is 35.5. The van der Waals surface area contributed by atoms with Crippen molar-refractivity contribution in [2.45, 2.75) is 25.4 Å². The number of ether oxygens (including phenoxy) is 1. The summed E-state index contributed by atoms with van der Waals surface area (Å²) in [5.74, 6) is 1.67. The van der Waals surface area contributed by atoms with Gasteiger partial charge in [-0.05, 0) is 43.5 Å². The Morgan fingerprint density at radius 1 is 1.37 bits per heavy atom. The fourth-order valence-electron chi connectivity index (χ4n) is 2.57. The Labute approximate surface area is 117 Å². The summed E-state index contributed by atoms with van der Waals surface area (Å²) < 4.78 is 7.23. The molecule has 2 N–H and O–H groups in total. The van der Waals surface area contributed by atoms with Gasteiger partial charge in [0.2, 0.25) is 0 Å². The van der Waals surface area contributed by atoms with E-state index in [1.165, 1.54) is 0 Å². The Hall–Kier alpha value is -1.52. The van der Waals surface area contributed by atoms with E-state index >= 15 is 0 Å². The average molecular weight is 278 g/mol. The summed E-state index contributed by atoms with van der Waals surface area (Å²) in [6.45, 7) is 0. The first-order chi connectivity index (χ1) is 9.20. The zero-order valence-electron chi connectivity index (χ0n) is 10.8. The number of rotatable bonds is 2. The highest BCUT2D eigenvalue weighted by Gasteiger charge is 2.24. The molecule has 0 aliphatic carbocycles. The number of nitrogens with zero attached hydrogens (tertiary/aromatic N) is 2. The minimum Gasteiger partial charge on any atom is -0.497 e. The second-order valence-electron chi connectivity index (χ2n) is 4.73. The standard InChI is InChI=1S/C14H16ClN3O/c1-19-10-7-5-9(6-8-10)14-17-13(15)11-3-2-4-12(16)18(11)14/h5-8,12H,2-4,16H2,1H3. The first kappa shape index (κ1) is 12.5. The molecule has 2 aromatic rings. The molecule has 1 aliphatic heterocycles. The zero-order valence-corrected chi connectivity index (χ0v) is 11.5. The van der Waals surface area contributed by atoms with Gasteiger partial charge in [0.1, 0.15) is 11.6 Å². The fourth-order valence-corrected chi connectivity index (χ4v) is 2.84. The Kier molecular flexibility index (Phi) is 3.21. The lowest BCUT2D eigenvalue weighted by Gasteiger charge is -2.24. The quantitative estimate of drug-likeness (QED) is 0.918. The van der Waals surface area contributed by atoms with Gasteiger partial charge in [-0.1, -0.05) is 11.6 Å². The Morgan fingerprint density at radius 2 is 2.11 bits per heavy atom. The van der Waals surface area contributed by atoms with Crippen LogP contribution in [0.4, 0.5) is 0 Å². The van der Waals surface area contributed by atoms with Crippen LogP contribution in [0.2, 0.25) is 5.15 Å². The maximum atomic E-state index is 6.22. The molecule has 1 aromatic carbocycles. The number of imidazole rings is 1. The van der Waals surface area contributed by atoms with Gasteiger partial charge in [0.05, 0.1) is 19.0 Å². The highest BCUT2D eigenvalue weighted by Crippen LogP contribution is 2.33. The van der Waals surface area contributed by atoms with Gasteiger partial charge in [0.15, 0.2) is 5.15 Å². The molecule has 19 heavy (non-hydrogen) atoms. The van der Waals surface area contributed by atoms with E-state index in [4.69, 9.17) is 22.1 Å². The second-order valence-corrected chi connectivity index (χ2v) is 5.09. The summed E-state index contributed by atoms with van der Waals surface area (Å²) in [5, 5.41) is 0.570. The van der Waals surface area contributed by atoms with E-state index in [9.17, 15) is 0 Å². The number of halogens is 1. The second kappa shape index (κ2) is 4.87. The predicted octanol–water partition coefficient (Wildman–Crippen LogP) is 3.01. The van der Waals surface area contributed by atoms with Crippen LogP contribution in [0.1, 0.15) is 24.7 Å². The summed E-state index contributed by atoms with van der Waals surface area (Å²) in [4.78, 5) is 4.48. The van der Waals surface area contributed by atoms with E-state index in [1.54, 1.807) is 7.11 Å². The predicted molar refractivity (Wildman–Crippen MR) is 75.4 cm³/mol. The van der Waals surface area contributed by atoms with E-state index in [0.29, 0.717) is 5.15 Å². The lowest BCUT2D eigenvalue weighted by molar-refractivity contribution is 0.414. The van der Waals surface area contributed by atoms with Gasteiger partial charge < -0.3 is 15.0 Å². The number of benzene rings is 1. The van der Waals surface area contributed by atoms with Crippen molar-refractivity contribution in [2.24, 2.45) is 5.73 Å².